The molecule has 1 aliphatic heterocycles. The summed E-state index contributed by atoms with van der Waals surface area (Å²) in [4.78, 5) is 241. The Balaban J connectivity index is 1.49. The first-order valence-electron chi connectivity index (χ1n) is 47.4. The molecule has 0 bridgehead atoms. The van der Waals surface area contributed by atoms with E-state index in [1.807, 2.05) is 18.2 Å². The summed E-state index contributed by atoms with van der Waals surface area (Å²) in [7, 11) is 0. The van der Waals surface area contributed by atoms with Gasteiger partial charge in [0.2, 0.25) is 82.7 Å². The van der Waals surface area contributed by atoms with Crippen molar-refractivity contribution in [3.63, 3.8) is 0 Å². The van der Waals surface area contributed by atoms with Gasteiger partial charge in [-0.2, -0.15) is 25.3 Å². The molecular formula is C90H142N34O19S2. The molecule has 1 aliphatic rings. The molecule has 0 aliphatic carbocycles. The van der Waals surface area contributed by atoms with Crippen LogP contribution in [0.15, 0.2) is 91.0 Å². The van der Waals surface area contributed by atoms with Crippen molar-refractivity contribution in [1.29, 1.82) is 21.6 Å². The van der Waals surface area contributed by atoms with Gasteiger partial charge in [-0.05, 0) is 180 Å². The van der Waals surface area contributed by atoms with Gasteiger partial charge < -0.3 is 173 Å². The number of rotatable bonds is 66. The van der Waals surface area contributed by atoms with E-state index in [0.29, 0.717) is 16.7 Å². The maximum Gasteiger partial charge on any atom is 0.312 e. The minimum absolute atomic E-state index is 0.00119. The van der Waals surface area contributed by atoms with Crippen LogP contribution in [0.1, 0.15) is 139 Å². The molecule has 1 saturated heterocycles. The Kier molecular flexibility index (Phi) is 53.4. The first-order chi connectivity index (χ1) is 69.0. The Morgan fingerprint density at radius 2 is 0.621 bits per heavy atom. The number of urea groups is 3. The number of fused-ring (bicyclic) bond motifs is 1. The van der Waals surface area contributed by atoms with Crippen LogP contribution >= 0.6 is 25.3 Å². The number of carbonyl (C=O) groups is 17. The number of guanidine groups is 4. The molecule has 5 rings (SSSR count). The van der Waals surface area contributed by atoms with Gasteiger partial charge in [-0.1, -0.05) is 66.7 Å². The molecule has 0 saturated carbocycles. The fourth-order valence-electron chi connectivity index (χ4n) is 15.3. The molecule has 1 heterocycles. The number of unbranched alkanes of at least 4 members (excludes halogenated alkanes) is 1. The minimum atomic E-state index is -1.67. The van der Waals surface area contributed by atoms with E-state index < -0.39 is 203 Å². The van der Waals surface area contributed by atoms with Crippen LogP contribution in [-0.2, 0) is 86.4 Å². The fourth-order valence-corrected chi connectivity index (χ4v) is 15.8. The smallest absolute Gasteiger partial charge is 0.312 e. The van der Waals surface area contributed by atoms with Gasteiger partial charge in [0.05, 0.1) is 6.04 Å². The number of phenols is 2. The van der Waals surface area contributed by atoms with E-state index in [9.17, 15) is 63.0 Å². The van der Waals surface area contributed by atoms with E-state index in [0.717, 1.165) is 15.7 Å². The highest BCUT2D eigenvalue weighted by molar-refractivity contribution is 7.80. The molecule has 45 N–H and O–H groups in total. The summed E-state index contributed by atoms with van der Waals surface area (Å²) in [5, 5.41) is 102. The number of likely N-dealkylation sites (tertiary alicyclic amines) is 1. The number of hydrogen-bond donors (Lipinski definition) is 37. The SMILES string of the molecule is N=C(N)NCCC[C@H](NC(=O)[C@H](CS)NC(=O)[C@H](CCCNC(N)=O)NC(=O)[C@H](CCCNC(=N)N)NC(=O)[C@H](Cc1ccc(O)cc1)NC(=O)[C@@H]1CCCN1C(=O)[C@@H](CCCNC(N)=O)NC(=O)[C@H](CCCCN)NC(=O)[C@H](CCCNC(=N)N)NC(=O)[C@H](Cc1ccc(O)cc1)NC(=O)[C@H](CS)NC(=O)[C@H](Cc1ccc2ccccc2c1)NC(=O)[C@H](CCCNC(=N)N)NC(=O)[C@@H](N)CCCNC(N)=O)C(N)=O. The van der Waals surface area contributed by atoms with Gasteiger partial charge in [0.25, 0.3) is 0 Å². The van der Waals surface area contributed by atoms with Crippen molar-refractivity contribution in [3.05, 3.63) is 108 Å². The van der Waals surface area contributed by atoms with Crippen LogP contribution in [0.4, 0.5) is 14.4 Å². The Labute approximate surface area is 848 Å². The Bertz CT molecular complexity index is 5050. The lowest BCUT2D eigenvalue weighted by Crippen LogP contribution is -2.61. The molecule has 0 radical (unpaired) electrons. The molecule has 1 fully saturated rings. The lowest BCUT2D eigenvalue weighted by atomic mass is 10.00. The van der Waals surface area contributed by atoms with E-state index >= 15 is 28.8 Å². The minimum Gasteiger partial charge on any atom is -0.508 e. The number of primary amides is 4. The fraction of sp³-hybridized carbons (Fsp3) is 0.522. The topological polar surface area (TPSA) is 918 Å². The summed E-state index contributed by atoms with van der Waals surface area (Å²) in [5.74, 6) is -16.1. The number of nitrogens with zero attached hydrogens (tertiary/aromatic N) is 1. The van der Waals surface area contributed by atoms with Gasteiger partial charge in [0, 0.05) is 83.1 Å². The zero-order chi connectivity index (χ0) is 107. The predicted octanol–water partition coefficient (Wildman–Crippen LogP) is -7.71. The lowest BCUT2D eigenvalue weighted by Gasteiger charge is -2.31. The largest absolute Gasteiger partial charge is 0.508 e. The maximum atomic E-state index is 15.5. The van der Waals surface area contributed by atoms with Crippen molar-refractivity contribution >= 4 is 161 Å². The predicted molar refractivity (Wildman–Crippen MR) is 544 cm³/mol. The van der Waals surface area contributed by atoms with Crippen LogP contribution in [0, 0.1) is 21.6 Å². The van der Waals surface area contributed by atoms with Crippen molar-refractivity contribution in [3.8, 4) is 11.5 Å². The molecule has 4 aromatic carbocycles. The number of nitrogens with one attached hydrogen (secondary N) is 23. The van der Waals surface area contributed by atoms with Gasteiger partial charge in [-0.3, -0.25) is 88.8 Å². The van der Waals surface area contributed by atoms with Crippen molar-refractivity contribution in [2.75, 3.05) is 70.4 Å². The Morgan fingerprint density at radius 1 is 0.331 bits per heavy atom. The number of carbonyl (C=O) groups excluding carboxylic acids is 17. The monoisotopic (exact) mass is 2070 g/mol. The average molecular weight is 2070 g/mol. The molecule has 798 valence electrons. The molecule has 55 heteroatoms. The van der Waals surface area contributed by atoms with E-state index in [1.165, 1.54) is 48.5 Å². The summed E-state index contributed by atoms with van der Waals surface area (Å²) in [6, 6.07) is -0.220. The Morgan fingerprint density at radius 3 is 0.986 bits per heavy atom. The summed E-state index contributed by atoms with van der Waals surface area (Å²) in [6.45, 7) is -0.110. The molecule has 145 heavy (non-hydrogen) atoms. The first kappa shape index (κ1) is 120. The highest BCUT2D eigenvalue weighted by Gasteiger charge is 2.42. The zero-order valence-electron chi connectivity index (χ0n) is 80.5. The van der Waals surface area contributed by atoms with Gasteiger partial charge in [-0.25, -0.2) is 14.4 Å². The molecule has 0 unspecified atom stereocenters. The molecule has 0 aromatic heterocycles. The van der Waals surface area contributed by atoms with Crippen LogP contribution in [-0.4, -0.2) is 295 Å². The Hall–Kier alpha value is -15.2. The standard InChI is InChI=1S/C90H142N34O19S2/c91-34-4-3-16-58(114-72(129)60(19-8-37-107-86(98)99)116-77(134)64(44-49-25-30-54(125)31-26-49)120-81(138)68(48-145)123-79(136)66(46-51-24-29-52-13-1-2-14-53(52)43-51)119-75(132)59(18-7-36-106-85(96)97)113-71(128)56(92)15-5-39-109-88(102)141)74(131)118-63(22-11-41-111-90(104)143)83(140)124-42-12-23-69(124)82(139)121-65(45-50-27-32-55(126)33-28-50)78(135)117-61(20-9-38-108-87(100)101)73(130)115-62(21-10-40-110-89(103)142)76(133)122-67(47-144)80(137)112-57(70(93)127)17-6-35-105-84(94)95/h1-2,13-14,24-33,43,56-69,125-126,144-145H,3-12,15-23,34-42,44-48,91-92H2,(H2,93,127)(H,112,137)(H,113,128)(H,114,129)(H,115,130)(H,116,134)(H,117,135)(H,118,131)(H,119,132)(H,120,138)(H,121,139)(H,122,133)(H,123,136)(H4,94,95,105)(H4,96,97,106)(H4,98,99,107)(H4,100,101,108)(H3,102,109,141)(H3,103,110,142)(H3,104,111,143)/t56-,57-,58-,59-,60-,61-,62-,63+,64-,65-,66-,67-,68-,69-/m0/s1. The highest BCUT2D eigenvalue weighted by atomic mass is 32.1. The van der Waals surface area contributed by atoms with Crippen molar-refractivity contribution in [2.45, 2.75) is 226 Å². The van der Waals surface area contributed by atoms with Gasteiger partial charge in [0.1, 0.15) is 90.0 Å². The average Bonchev–Trinajstić information content (AvgIpc) is 1.68. The summed E-state index contributed by atoms with van der Waals surface area (Å²) in [5.41, 5.74) is 57.1. The number of benzene rings is 4. The third-order valence-electron chi connectivity index (χ3n) is 23.0. The van der Waals surface area contributed by atoms with E-state index in [1.54, 1.807) is 24.3 Å². The molecular weight excluding hydrogens is 1930 g/mol. The summed E-state index contributed by atoms with van der Waals surface area (Å²) >= 11 is 8.70. The van der Waals surface area contributed by atoms with Gasteiger partial charge in [0.15, 0.2) is 23.8 Å². The maximum absolute atomic E-state index is 15.5. The van der Waals surface area contributed by atoms with E-state index in [2.05, 4.69) is 126 Å². The number of aromatic hydroxyl groups is 2. The summed E-state index contributed by atoms with van der Waals surface area (Å²) in [6.07, 6.45) is -1.18. The van der Waals surface area contributed by atoms with Crippen LogP contribution in [0.25, 0.3) is 10.8 Å². The van der Waals surface area contributed by atoms with Crippen molar-refractivity contribution in [2.24, 2.45) is 57.3 Å². The normalized spacial score (nSPS) is 14.7. The third-order valence-corrected chi connectivity index (χ3v) is 23.7. The first-order valence-corrected chi connectivity index (χ1v) is 48.6. The number of phenolic OH excluding ortho intramolecular Hbond substituents is 2. The van der Waals surface area contributed by atoms with Crippen molar-refractivity contribution in [1.82, 2.24) is 106 Å². The number of amides is 20. The van der Waals surface area contributed by atoms with Gasteiger partial charge in [-0.15, -0.1) is 0 Å². The second kappa shape index (κ2) is 64.4. The number of hydrogen-bond acceptors (Lipinski definition) is 27. The third kappa shape index (κ3) is 45.8. The molecule has 53 nitrogen and oxygen atoms in total. The molecule has 4 aromatic rings. The number of nitrogens with two attached hydrogens (primary N) is 10. The van der Waals surface area contributed by atoms with Crippen LogP contribution in [0.3, 0.4) is 0 Å². The zero-order valence-corrected chi connectivity index (χ0v) is 82.3. The van der Waals surface area contributed by atoms with Crippen LogP contribution < -0.4 is 158 Å². The van der Waals surface area contributed by atoms with E-state index in [4.69, 9.17) is 79.0 Å². The molecule has 0 spiro atoms. The van der Waals surface area contributed by atoms with Crippen molar-refractivity contribution < 1.29 is 91.7 Å². The quantitative estimate of drug-likeness (QED) is 0.00845. The number of thiol groups is 2. The van der Waals surface area contributed by atoms with Crippen LogP contribution in [0.5, 0.6) is 11.5 Å². The lowest BCUT2D eigenvalue weighted by molar-refractivity contribution is -0.142. The van der Waals surface area contributed by atoms with Gasteiger partial charge >= 0.3 is 18.1 Å². The molecule has 20 amide bonds. The second-order valence-corrected chi connectivity index (χ2v) is 35.2. The second-order valence-electron chi connectivity index (χ2n) is 34.4. The van der Waals surface area contributed by atoms with Crippen LogP contribution in [0.2, 0.25) is 0 Å². The highest BCUT2D eigenvalue weighted by Crippen LogP contribution is 2.24. The molecule has 14 atom stereocenters. The van der Waals surface area contributed by atoms with E-state index in [-0.39, 0.29) is 229 Å². The summed E-state index contributed by atoms with van der Waals surface area (Å²) < 4.78 is 0.